The largest absolute Gasteiger partial charge is 0.497 e. The van der Waals surface area contributed by atoms with Crippen molar-refractivity contribution < 1.29 is 9.53 Å². The molecule has 1 heterocycles. The van der Waals surface area contributed by atoms with Gasteiger partial charge in [-0.25, -0.2) is 0 Å². The zero-order valence-electron chi connectivity index (χ0n) is 12.2. The third kappa shape index (κ3) is 3.23. The molecule has 110 valence electrons. The number of nitrogens with zero attached hydrogens (tertiary/aromatic N) is 1. The first-order chi connectivity index (χ1) is 10.7. The molecule has 1 aromatic heterocycles. The van der Waals surface area contributed by atoms with Gasteiger partial charge in [-0.05, 0) is 42.0 Å². The van der Waals surface area contributed by atoms with Crippen molar-refractivity contribution in [1.82, 2.24) is 4.98 Å². The molecule has 4 nitrogen and oxygen atoms in total. The Balaban J connectivity index is 1.72. The molecule has 4 heteroatoms. The van der Waals surface area contributed by atoms with E-state index < -0.39 is 0 Å². The number of aromatic nitrogens is 1. The molecule has 1 N–H and O–H groups in total. The van der Waals surface area contributed by atoms with E-state index >= 15 is 0 Å². The Kier molecular flexibility index (Phi) is 4.01. The first-order valence-corrected chi connectivity index (χ1v) is 7.02. The molecule has 3 rings (SSSR count). The van der Waals surface area contributed by atoms with Gasteiger partial charge >= 0.3 is 0 Å². The van der Waals surface area contributed by atoms with Crippen molar-refractivity contribution in [3.05, 3.63) is 66.4 Å². The first kappa shape index (κ1) is 14.1. The van der Waals surface area contributed by atoms with Crippen molar-refractivity contribution in [3.63, 3.8) is 0 Å². The van der Waals surface area contributed by atoms with Crippen LogP contribution in [0.15, 0.2) is 60.8 Å². The number of methoxy groups -OCH3 is 1. The lowest BCUT2D eigenvalue weighted by molar-refractivity contribution is -0.115. The van der Waals surface area contributed by atoms with Crippen molar-refractivity contribution >= 4 is 22.5 Å². The Morgan fingerprint density at radius 2 is 2.05 bits per heavy atom. The highest BCUT2D eigenvalue weighted by Crippen LogP contribution is 2.18. The molecule has 0 atom stereocenters. The van der Waals surface area contributed by atoms with E-state index in [0.717, 1.165) is 27.9 Å². The van der Waals surface area contributed by atoms with E-state index in [4.69, 9.17) is 4.74 Å². The Labute approximate surface area is 128 Å². The van der Waals surface area contributed by atoms with Gasteiger partial charge in [-0.15, -0.1) is 0 Å². The van der Waals surface area contributed by atoms with Gasteiger partial charge in [0.25, 0.3) is 0 Å². The summed E-state index contributed by atoms with van der Waals surface area (Å²) in [5.41, 5.74) is 2.60. The molecule has 0 fully saturated rings. The first-order valence-electron chi connectivity index (χ1n) is 7.02. The third-order valence-corrected chi connectivity index (χ3v) is 3.39. The van der Waals surface area contributed by atoms with Crippen LogP contribution in [0.1, 0.15) is 5.56 Å². The molecule has 22 heavy (non-hydrogen) atoms. The zero-order chi connectivity index (χ0) is 15.4. The van der Waals surface area contributed by atoms with Gasteiger partial charge in [0.1, 0.15) is 5.75 Å². The van der Waals surface area contributed by atoms with Crippen LogP contribution in [-0.4, -0.2) is 18.0 Å². The zero-order valence-corrected chi connectivity index (χ0v) is 12.2. The van der Waals surface area contributed by atoms with E-state index in [-0.39, 0.29) is 5.91 Å². The van der Waals surface area contributed by atoms with E-state index in [9.17, 15) is 4.79 Å². The Hall–Kier alpha value is -2.88. The van der Waals surface area contributed by atoms with Crippen LogP contribution >= 0.6 is 0 Å². The molecule has 2 aromatic carbocycles. The van der Waals surface area contributed by atoms with E-state index in [1.807, 2.05) is 54.6 Å². The standard InChI is InChI=1S/C18H16N2O2/c1-22-16-6-2-4-13(10-16)11-18(21)20-15-7-8-17-14(12-15)5-3-9-19-17/h2-10,12H,11H2,1H3,(H,20,21). The predicted octanol–water partition coefficient (Wildman–Crippen LogP) is 3.42. The van der Waals surface area contributed by atoms with Crippen molar-refractivity contribution in [3.8, 4) is 5.75 Å². The third-order valence-electron chi connectivity index (χ3n) is 3.39. The van der Waals surface area contributed by atoms with E-state index in [1.54, 1.807) is 13.3 Å². The molecule has 0 saturated heterocycles. The number of pyridine rings is 1. The second kappa shape index (κ2) is 6.26. The highest BCUT2D eigenvalue weighted by Gasteiger charge is 2.06. The summed E-state index contributed by atoms with van der Waals surface area (Å²) in [6, 6.07) is 17.0. The maximum Gasteiger partial charge on any atom is 0.228 e. The van der Waals surface area contributed by atoms with Crippen LogP contribution in [-0.2, 0) is 11.2 Å². The average molecular weight is 292 g/mol. The summed E-state index contributed by atoms with van der Waals surface area (Å²) in [4.78, 5) is 16.4. The molecule has 0 bridgehead atoms. The van der Waals surface area contributed by atoms with Crippen molar-refractivity contribution in [2.45, 2.75) is 6.42 Å². The van der Waals surface area contributed by atoms with Crippen LogP contribution in [0.5, 0.6) is 5.75 Å². The maximum atomic E-state index is 12.2. The molecule has 3 aromatic rings. The van der Waals surface area contributed by atoms with Crippen molar-refractivity contribution in [2.75, 3.05) is 12.4 Å². The van der Waals surface area contributed by atoms with E-state index in [0.29, 0.717) is 6.42 Å². The van der Waals surface area contributed by atoms with Gasteiger partial charge < -0.3 is 10.1 Å². The number of benzene rings is 2. The second-order valence-corrected chi connectivity index (χ2v) is 4.99. The van der Waals surface area contributed by atoms with E-state index in [1.165, 1.54) is 0 Å². The number of hydrogen-bond acceptors (Lipinski definition) is 3. The quantitative estimate of drug-likeness (QED) is 0.801. The molecular weight excluding hydrogens is 276 g/mol. The number of rotatable bonds is 4. The molecule has 0 aliphatic heterocycles. The summed E-state index contributed by atoms with van der Waals surface area (Å²) in [5, 5.41) is 3.91. The number of carbonyl (C=O) groups is 1. The number of hydrogen-bond donors (Lipinski definition) is 1. The second-order valence-electron chi connectivity index (χ2n) is 4.99. The molecular formula is C18H16N2O2. The van der Waals surface area contributed by atoms with Crippen LogP contribution in [0.25, 0.3) is 10.9 Å². The number of carbonyl (C=O) groups excluding carboxylic acids is 1. The summed E-state index contributed by atoms with van der Waals surface area (Å²) in [5.74, 6) is 0.693. The summed E-state index contributed by atoms with van der Waals surface area (Å²) < 4.78 is 5.16. The Morgan fingerprint density at radius 3 is 2.91 bits per heavy atom. The minimum Gasteiger partial charge on any atom is -0.497 e. The normalized spacial score (nSPS) is 10.4. The lowest BCUT2D eigenvalue weighted by Gasteiger charge is -2.07. The fourth-order valence-electron chi connectivity index (χ4n) is 2.33. The number of amides is 1. The van der Waals surface area contributed by atoms with Gasteiger partial charge in [-0.1, -0.05) is 18.2 Å². The van der Waals surface area contributed by atoms with Gasteiger partial charge in [0.15, 0.2) is 0 Å². The number of ether oxygens (including phenoxy) is 1. The summed E-state index contributed by atoms with van der Waals surface area (Å²) in [7, 11) is 1.61. The van der Waals surface area contributed by atoms with Crippen molar-refractivity contribution in [1.29, 1.82) is 0 Å². The number of fused-ring (bicyclic) bond motifs is 1. The smallest absolute Gasteiger partial charge is 0.228 e. The minimum absolute atomic E-state index is 0.0588. The van der Waals surface area contributed by atoms with Crippen LogP contribution in [0.2, 0.25) is 0 Å². The molecule has 0 radical (unpaired) electrons. The molecule has 0 saturated carbocycles. The highest BCUT2D eigenvalue weighted by molar-refractivity contribution is 5.94. The average Bonchev–Trinajstić information content (AvgIpc) is 2.55. The van der Waals surface area contributed by atoms with Gasteiger partial charge in [0.2, 0.25) is 5.91 Å². The SMILES string of the molecule is COc1cccc(CC(=O)Nc2ccc3ncccc3c2)c1. The van der Waals surface area contributed by atoms with Crippen LogP contribution < -0.4 is 10.1 Å². The summed E-state index contributed by atoms with van der Waals surface area (Å²) in [6.45, 7) is 0. The lowest BCUT2D eigenvalue weighted by atomic mass is 10.1. The van der Waals surface area contributed by atoms with Gasteiger partial charge in [0, 0.05) is 17.3 Å². The predicted molar refractivity (Wildman–Crippen MR) is 87.1 cm³/mol. The van der Waals surface area contributed by atoms with Gasteiger partial charge in [-0.2, -0.15) is 0 Å². The van der Waals surface area contributed by atoms with Gasteiger partial charge in [-0.3, -0.25) is 9.78 Å². The van der Waals surface area contributed by atoms with Crippen molar-refractivity contribution in [2.24, 2.45) is 0 Å². The summed E-state index contributed by atoms with van der Waals surface area (Å²) >= 11 is 0. The number of anilines is 1. The fraction of sp³-hybridized carbons (Fsp3) is 0.111. The van der Waals surface area contributed by atoms with Gasteiger partial charge in [0.05, 0.1) is 19.0 Å². The topological polar surface area (TPSA) is 51.2 Å². The lowest BCUT2D eigenvalue weighted by Crippen LogP contribution is -2.14. The highest BCUT2D eigenvalue weighted by atomic mass is 16.5. The molecule has 0 unspecified atom stereocenters. The van der Waals surface area contributed by atoms with Crippen LogP contribution in [0, 0.1) is 0 Å². The molecule has 1 amide bonds. The summed E-state index contributed by atoms with van der Waals surface area (Å²) in [6.07, 6.45) is 2.06. The Bertz CT molecular complexity index is 815. The number of nitrogens with one attached hydrogen (secondary N) is 1. The molecule has 0 spiro atoms. The monoisotopic (exact) mass is 292 g/mol. The molecule has 0 aliphatic carbocycles. The van der Waals surface area contributed by atoms with E-state index in [2.05, 4.69) is 10.3 Å². The minimum atomic E-state index is -0.0588. The fourth-order valence-corrected chi connectivity index (χ4v) is 2.33. The molecule has 0 aliphatic rings. The van der Waals surface area contributed by atoms with Crippen LogP contribution in [0.4, 0.5) is 5.69 Å². The van der Waals surface area contributed by atoms with Crippen LogP contribution in [0.3, 0.4) is 0 Å². The Morgan fingerprint density at radius 1 is 1.14 bits per heavy atom. The maximum absolute atomic E-state index is 12.2.